The fourth-order valence-electron chi connectivity index (χ4n) is 3.26. The number of thioether (sulfide) groups is 1. The molecule has 12 nitrogen and oxygen atoms in total. The van der Waals surface area contributed by atoms with Crippen LogP contribution in [0.25, 0.3) is 0 Å². The standard InChI is InChI=1S/C18H33N7O5S/c1-31-9-6-11(23-16(28)13-5-3-8-25(13)14(26)10-19)15(27)24-12(17(29)30)4-2-7-22-18(20)21/h11-13H,2-10,19H2,1H3,(H,23,28)(H,24,27)(H,29,30)(H4,20,21,22). The normalized spacial score (nSPS) is 17.5. The van der Waals surface area contributed by atoms with Crippen LogP contribution in [0, 0.1) is 0 Å². The third-order valence-corrected chi connectivity index (χ3v) is 5.50. The molecule has 1 heterocycles. The molecule has 0 radical (unpaired) electrons. The molecule has 0 saturated carbocycles. The fourth-order valence-corrected chi connectivity index (χ4v) is 3.73. The second-order valence-corrected chi connectivity index (χ2v) is 8.13. The van der Waals surface area contributed by atoms with E-state index in [2.05, 4.69) is 15.6 Å². The van der Waals surface area contributed by atoms with Gasteiger partial charge in [-0.1, -0.05) is 0 Å². The first kappa shape index (κ1) is 26.5. The van der Waals surface area contributed by atoms with Crippen LogP contribution in [-0.2, 0) is 19.2 Å². The van der Waals surface area contributed by atoms with Crippen molar-refractivity contribution >= 4 is 41.4 Å². The van der Waals surface area contributed by atoms with Gasteiger partial charge in [0.15, 0.2) is 5.96 Å². The predicted molar refractivity (Wildman–Crippen MR) is 118 cm³/mol. The molecule has 1 aliphatic rings. The van der Waals surface area contributed by atoms with Gasteiger partial charge in [-0.2, -0.15) is 11.8 Å². The predicted octanol–water partition coefficient (Wildman–Crippen LogP) is -2.20. The number of carbonyl (C=O) groups excluding carboxylic acids is 3. The summed E-state index contributed by atoms with van der Waals surface area (Å²) in [5, 5.41) is 14.6. The van der Waals surface area contributed by atoms with Gasteiger partial charge in [-0.25, -0.2) is 4.79 Å². The zero-order chi connectivity index (χ0) is 23.4. The highest BCUT2D eigenvalue weighted by molar-refractivity contribution is 7.98. The Morgan fingerprint density at radius 3 is 2.48 bits per heavy atom. The Bertz CT molecular complexity index is 672. The van der Waals surface area contributed by atoms with E-state index in [9.17, 15) is 24.3 Å². The number of rotatable bonds is 13. The number of guanidine groups is 1. The number of aliphatic imine (C=N–C) groups is 1. The number of likely N-dealkylation sites (tertiary alicyclic amines) is 1. The SMILES string of the molecule is CSCCC(NC(=O)C1CCCN1C(=O)CN)C(=O)NC(CCCN=C(N)N)C(=O)O. The van der Waals surface area contributed by atoms with E-state index in [0.717, 1.165) is 0 Å². The molecule has 31 heavy (non-hydrogen) atoms. The van der Waals surface area contributed by atoms with Crippen LogP contribution in [0.2, 0.25) is 0 Å². The summed E-state index contributed by atoms with van der Waals surface area (Å²) >= 11 is 1.49. The van der Waals surface area contributed by atoms with Gasteiger partial charge in [-0.15, -0.1) is 0 Å². The average Bonchev–Trinajstić information content (AvgIpc) is 3.22. The summed E-state index contributed by atoms with van der Waals surface area (Å²) < 4.78 is 0. The maximum atomic E-state index is 12.8. The minimum absolute atomic E-state index is 0.0928. The second-order valence-electron chi connectivity index (χ2n) is 7.14. The number of hydrogen-bond acceptors (Lipinski definition) is 7. The van der Waals surface area contributed by atoms with E-state index in [1.165, 1.54) is 16.7 Å². The van der Waals surface area contributed by atoms with E-state index in [0.29, 0.717) is 38.0 Å². The number of nitrogens with one attached hydrogen (secondary N) is 2. The Balaban J connectivity index is 2.78. The Labute approximate surface area is 185 Å². The summed E-state index contributed by atoms with van der Waals surface area (Å²) in [6.07, 6.45) is 3.81. The van der Waals surface area contributed by atoms with Crippen LogP contribution >= 0.6 is 11.8 Å². The number of aliphatic carboxylic acids is 1. The van der Waals surface area contributed by atoms with E-state index >= 15 is 0 Å². The largest absolute Gasteiger partial charge is 0.480 e. The molecule has 1 aliphatic heterocycles. The summed E-state index contributed by atoms with van der Waals surface area (Å²) in [6, 6.07) is -2.75. The first-order chi connectivity index (χ1) is 14.7. The third kappa shape index (κ3) is 9.00. The van der Waals surface area contributed by atoms with Gasteiger partial charge in [-0.05, 0) is 44.1 Å². The quantitative estimate of drug-likeness (QED) is 0.100. The van der Waals surface area contributed by atoms with Crippen LogP contribution in [-0.4, -0.2) is 89.4 Å². The van der Waals surface area contributed by atoms with Gasteiger partial charge in [0, 0.05) is 13.1 Å². The lowest BCUT2D eigenvalue weighted by atomic mass is 10.1. The Kier molecular flexibility index (Phi) is 11.7. The molecule has 3 amide bonds. The first-order valence-corrected chi connectivity index (χ1v) is 11.5. The zero-order valence-electron chi connectivity index (χ0n) is 17.7. The molecule has 13 heteroatoms. The molecule has 1 saturated heterocycles. The van der Waals surface area contributed by atoms with Gasteiger partial charge < -0.3 is 37.8 Å². The van der Waals surface area contributed by atoms with Crippen molar-refractivity contribution in [3.8, 4) is 0 Å². The van der Waals surface area contributed by atoms with Crippen molar-refractivity contribution in [1.29, 1.82) is 0 Å². The number of carboxylic acids is 1. The summed E-state index contributed by atoms with van der Waals surface area (Å²) in [7, 11) is 0. The van der Waals surface area contributed by atoms with Gasteiger partial charge in [-0.3, -0.25) is 19.4 Å². The minimum atomic E-state index is -1.19. The van der Waals surface area contributed by atoms with E-state index in [4.69, 9.17) is 17.2 Å². The van der Waals surface area contributed by atoms with Crippen molar-refractivity contribution in [2.45, 2.75) is 50.2 Å². The fraction of sp³-hybridized carbons (Fsp3) is 0.722. The Morgan fingerprint density at radius 1 is 1.19 bits per heavy atom. The molecule has 1 rings (SSSR count). The van der Waals surface area contributed by atoms with Gasteiger partial charge >= 0.3 is 5.97 Å². The Morgan fingerprint density at radius 2 is 1.90 bits per heavy atom. The molecule has 0 aromatic carbocycles. The smallest absolute Gasteiger partial charge is 0.326 e. The molecule has 0 bridgehead atoms. The molecule has 3 atom stereocenters. The van der Waals surface area contributed by atoms with Crippen LogP contribution in [0.15, 0.2) is 4.99 Å². The third-order valence-electron chi connectivity index (χ3n) is 4.85. The Hall–Kier alpha value is -2.54. The molecule has 1 fully saturated rings. The van der Waals surface area contributed by atoms with Crippen molar-refractivity contribution in [3.05, 3.63) is 0 Å². The van der Waals surface area contributed by atoms with Gasteiger partial charge in [0.25, 0.3) is 0 Å². The molecule has 0 aliphatic carbocycles. The van der Waals surface area contributed by atoms with Crippen molar-refractivity contribution in [3.63, 3.8) is 0 Å². The molecule has 9 N–H and O–H groups in total. The summed E-state index contributed by atoms with van der Waals surface area (Å²) in [6.45, 7) is 0.480. The molecular formula is C18H33N7O5S. The number of hydrogen-bond donors (Lipinski definition) is 6. The minimum Gasteiger partial charge on any atom is -0.480 e. The summed E-state index contributed by atoms with van der Waals surface area (Å²) in [4.78, 5) is 54.2. The number of nitrogens with two attached hydrogens (primary N) is 3. The van der Waals surface area contributed by atoms with Crippen LogP contribution in [0.4, 0.5) is 0 Å². The monoisotopic (exact) mass is 459 g/mol. The van der Waals surface area contributed by atoms with Gasteiger partial charge in [0.05, 0.1) is 6.54 Å². The number of nitrogens with zero attached hydrogens (tertiary/aromatic N) is 2. The highest BCUT2D eigenvalue weighted by Crippen LogP contribution is 2.18. The molecule has 3 unspecified atom stereocenters. The van der Waals surface area contributed by atoms with Gasteiger partial charge in [0.2, 0.25) is 17.7 Å². The maximum absolute atomic E-state index is 12.8. The van der Waals surface area contributed by atoms with E-state index in [-0.39, 0.29) is 31.4 Å². The van der Waals surface area contributed by atoms with E-state index in [1.54, 1.807) is 0 Å². The van der Waals surface area contributed by atoms with Crippen molar-refractivity contribution < 1.29 is 24.3 Å². The highest BCUT2D eigenvalue weighted by Gasteiger charge is 2.35. The molecule has 176 valence electrons. The summed E-state index contributed by atoms with van der Waals surface area (Å²) in [5.74, 6) is -2.06. The number of amides is 3. The summed E-state index contributed by atoms with van der Waals surface area (Å²) in [5.41, 5.74) is 15.9. The molecule has 0 aromatic rings. The number of carboxylic acid groups (broad SMARTS) is 1. The highest BCUT2D eigenvalue weighted by atomic mass is 32.2. The maximum Gasteiger partial charge on any atom is 0.326 e. The van der Waals surface area contributed by atoms with E-state index in [1.807, 2.05) is 6.26 Å². The van der Waals surface area contributed by atoms with Crippen molar-refractivity contribution in [2.75, 3.05) is 31.6 Å². The second kappa shape index (κ2) is 13.7. The van der Waals surface area contributed by atoms with Crippen LogP contribution < -0.4 is 27.8 Å². The van der Waals surface area contributed by atoms with Gasteiger partial charge in [0.1, 0.15) is 18.1 Å². The molecule has 0 spiro atoms. The lowest BCUT2D eigenvalue weighted by Crippen LogP contribution is -2.55. The lowest BCUT2D eigenvalue weighted by Gasteiger charge is -2.26. The van der Waals surface area contributed by atoms with E-state index < -0.39 is 35.9 Å². The van der Waals surface area contributed by atoms with Crippen LogP contribution in [0.3, 0.4) is 0 Å². The molecular weight excluding hydrogens is 426 g/mol. The first-order valence-electron chi connectivity index (χ1n) is 10.1. The topological polar surface area (TPSA) is 206 Å². The van der Waals surface area contributed by atoms with Crippen LogP contribution in [0.5, 0.6) is 0 Å². The number of carbonyl (C=O) groups is 4. The van der Waals surface area contributed by atoms with Crippen molar-refractivity contribution in [2.24, 2.45) is 22.2 Å². The molecule has 0 aromatic heterocycles. The lowest BCUT2D eigenvalue weighted by molar-refractivity contribution is -0.143. The average molecular weight is 460 g/mol. The van der Waals surface area contributed by atoms with Crippen LogP contribution in [0.1, 0.15) is 32.1 Å². The zero-order valence-corrected chi connectivity index (χ0v) is 18.5. The van der Waals surface area contributed by atoms with Crippen molar-refractivity contribution in [1.82, 2.24) is 15.5 Å².